The lowest BCUT2D eigenvalue weighted by Gasteiger charge is -2.24. The summed E-state index contributed by atoms with van der Waals surface area (Å²) in [5.41, 5.74) is 5.14. The molecule has 1 saturated heterocycles. The fourth-order valence-corrected chi connectivity index (χ4v) is 4.02. The van der Waals surface area contributed by atoms with Crippen molar-refractivity contribution >= 4 is 33.2 Å². The van der Waals surface area contributed by atoms with Crippen LogP contribution in [0.2, 0.25) is 5.02 Å². The number of aryl methyl sites for hydroxylation is 1. The highest BCUT2D eigenvalue weighted by atomic mass is 79.9. The smallest absolute Gasteiger partial charge is 0.137 e. The zero-order valence-corrected chi connectivity index (χ0v) is 16.3. The molecule has 4 rings (SSSR count). The Labute approximate surface area is 160 Å². The van der Waals surface area contributed by atoms with E-state index in [0.717, 1.165) is 53.2 Å². The number of benzene rings is 1. The van der Waals surface area contributed by atoms with E-state index in [9.17, 15) is 0 Å². The summed E-state index contributed by atoms with van der Waals surface area (Å²) >= 11 is 9.99. The number of rotatable bonds is 3. The predicted molar refractivity (Wildman–Crippen MR) is 104 cm³/mol. The van der Waals surface area contributed by atoms with Gasteiger partial charge in [-0.3, -0.25) is 0 Å². The fraction of sp³-hybridized carbons (Fsp3) is 0.316. The van der Waals surface area contributed by atoms with Crippen LogP contribution in [-0.2, 0) is 11.2 Å². The molecule has 1 N–H and O–H groups in total. The number of fused-ring (bicyclic) bond motifs is 1. The lowest BCUT2D eigenvalue weighted by Crippen LogP contribution is -2.39. The van der Waals surface area contributed by atoms with Crippen molar-refractivity contribution in [1.29, 1.82) is 0 Å². The molecule has 0 bridgehead atoms. The molecule has 4 nitrogen and oxygen atoms in total. The first-order valence-corrected chi connectivity index (χ1v) is 9.54. The summed E-state index contributed by atoms with van der Waals surface area (Å²) in [6.45, 7) is 4.59. The Morgan fingerprint density at radius 1 is 1.36 bits per heavy atom. The van der Waals surface area contributed by atoms with Crippen LogP contribution >= 0.6 is 27.5 Å². The molecule has 1 unspecified atom stereocenters. The molecule has 25 heavy (non-hydrogen) atoms. The van der Waals surface area contributed by atoms with Crippen LogP contribution in [0.1, 0.15) is 11.3 Å². The monoisotopic (exact) mass is 419 g/mol. The molecule has 0 radical (unpaired) electrons. The predicted octanol–water partition coefficient (Wildman–Crippen LogP) is 4.26. The number of nitrogens with one attached hydrogen (secondary N) is 1. The first-order chi connectivity index (χ1) is 12.1. The third kappa shape index (κ3) is 3.47. The molecular formula is C19H19BrClN3O. The Kier molecular flexibility index (Phi) is 4.82. The number of aromatic nitrogens is 2. The third-order valence-electron chi connectivity index (χ3n) is 4.49. The van der Waals surface area contributed by atoms with E-state index in [-0.39, 0.29) is 6.10 Å². The van der Waals surface area contributed by atoms with Gasteiger partial charge in [-0.25, -0.2) is 4.98 Å². The minimum Gasteiger partial charge on any atom is -0.375 e. The van der Waals surface area contributed by atoms with Crippen molar-refractivity contribution < 1.29 is 4.74 Å². The highest BCUT2D eigenvalue weighted by Gasteiger charge is 2.22. The molecule has 0 amide bonds. The number of hydrogen-bond acceptors (Lipinski definition) is 3. The molecule has 1 aliphatic heterocycles. The fourth-order valence-electron chi connectivity index (χ4n) is 3.26. The van der Waals surface area contributed by atoms with Crippen molar-refractivity contribution in [1.82, 2.24) is 14.7 Å². The zero-order chi connectivity index (χ0) is 17.4. The Bertz CT molecular complexity index is 918. The van der Waals surface area contributed by atoms with Gasteiger partial charge in [0.15, 0.2) is 0 Å². The van der Waals surface area contributed by atoms with Gasteiger partial charge in [0, 0.05) is 35.7 Å². The normalized spacial score (nSPS) is 18.0. The SMILES string of the molecule is Cc1ccn2c(CC3CNCCO3)c(-c3ccc(Br)cc3Cl)nc2c1. The molecule has 1 aliphatic rings. The van der Waals surface area contributed by atoms with Gasteiger partial charge in [-0.05, 0) is 36.8 Å². The number of hydrogen-bond donors (Lipinski definition) is 1. The molecule has 3 aromatic rings. The lowest BCUT2D eigenvalue weighted by molar-refractivity contribution is 0.0286. The van der Waals surface area contributed by atoms with E-state index in [1.165, 1.54) is 5.56 Å². The maximum absolute atomic E-state index is 6.51. The van der Waals surface area contributed by atoms with E-state index in [1.807, 2.05) is 18.2 Å². The minimum absolute atomic E-state index is 0.142. The summed E-state index contributed by atoms with van der Waals surface area (Å²) in [7, 11) is 0. The second-order valence-electron chi connectivity index (χ2n) is 6.36. The third-order valence-corrected chi connectivity index (χ3v) is 5.30. The van der Waals surface area contributed by atoms with Gasteiger partial charge in [-0.2, -0.15) is 0 Å². The van der Waals surface area contributed by atoms with Crippen molar-refractivity contribution in [3.63, 3.8) is 0 Å². The van der Waals surface area contributed by atoms with Crippen molar-refractivity contribution in [2.45, 2.75) is 19.4 Å². The summed E-state index contributed by atoms with van der Waals surface area (Å²) in [5.74, 6) is 0. The standard InChI is InChI=1S/C19H19BrClN3O/c1-12-4-6-24-17(10-14-11-22-5-7-25-14)19(23-18(24)8-12)15-3-2-13(20)9-16(15)21/h2-4,6,8-9,14,22H,5,7,10-11H2,1H3. The zero-order valence-electron chi connectivity index (χ0n) is 13.9. The Morgan fingerprint density at radius 2 is 2.24 bits per heavy atom. The van der Waals surface area contributed by atoms with E-state index >= 15 is 0 Å². The van der Waals surface area contributed by atoms with Gasteiger partial charge in [0.05, 0.1) is 29.1 Å². The Morgan fingerprint density at radius 3 is 3.00 bits per heavy atom. The van der Waals surface area contributed by atoms with Crippen molar-refractivity contribution in [2.24, 2.45) is 0 Å². The molecule has 6 heteroatoms. The van der Waals surface area contributed by atoms with E-state index in [1.54, 1.807) is 0 Å². The van der Waals surface area contributed by atoms with E-state index in [0.29, 0.717) is 5.02 Å². The Balaban J connectivity index is 1.85. The average molecular weight is 421 g/mol. The van der Waals surface area contributed by atoms with Crippen LogP contribution in [0.15, 0.2) is 41.0 Å². The lowest BCUT2D eigenvalue weighted by atomic mass is 10.1. The van der Waals surface area contributed by atoms with Crippen LogP contribution in [-0.4, -0.2) is 35.2 Å². The van der Waals surface area contributed by atoms with Crippen LogP contribution in [0.3, 0.4) is 0 Å². The molecule has 0 aliphatic carbocycles. The van der Waals surface area contributed by atoms with Gasteiger partial charge >= 0.3 is 0 Å². The minimum atomic E-state index is 0.142. The van der Waals surface area contributed by atoms with Crippen molar-refractivity contribution in [2.75, 3.05) is 19.7 Å². The molecule has 3 heterocycles. The van der Waals surface area contributed by atoms with Gasteiger partial charge in [-0.1, -0.05) is 33.6 Å². The first kappa shape index (κ1) is 17.0. The van der Waals surface area contributed by atoms with E-state index in [4.69, 9.17) is 21.3 Å². The molecule has 1 atom stereocenters. The van der Waals surface area contributed by atoms with Gasteiger partial charge in [0.2, 0.25) is 0 Å². The van der Waals surface area contributed by atoms with Crippen LogP contribution in [0.5, 0.6) is 0 Å². The summed E-state index contributed by atoms with van der Waals surface area (Å²) in [6.07, 6.45) is 3.02. The van der Waals surface area contributed by atoms with Crippen LogP contribution in [0, 0.1) is 6.92 Å². The maximum atomic E-state index is 6.51. The molecule has 130 valence electrons. The topological polar surface area (TPSA) is 38.6 Å². The molecule has 2 aromatic heterocycles. The number of halogens is 2. The molecular weight excluding hydrogens is 402 g/mol. The second-order valence-corrected chi connectivity index (χ2v) is 7.69. The van der Waals surface area contributed by atoms with Gasteiger partial charge in [-0.15, -0.1) is 0 Å². The number of pyridine rings is 1. The number of ether oxygens (including phenoxy) is 1. The highest BCUT2D eigenvalue weighted by molar-refractivity contribution is 9.10. The molecule has 1 aromatic carbocycles. The molecule has 1 fully saturated rings. The van der Waals surface area contributed by atoms with Gasteiger partial charge in [0.25, 0.3) is 0 Å². The van der Waals surface area contributed by atoms with Crippen molar-refractivity contribution in [3.05, 3.63) is 57.3 Å². The maximum Gasteiger partial charge on any atom is 0.137 e. The number of nitrogens with zero attached hydrogens (tertiary/aromatic N) is 2. The quantitative estimate of drug-likeness (QED) is 0.688. The summed E-state index contributed by atoms with van der Waals surface area (Å²) in [4.78, 5) is 4.89. The highest BCUT2D eigenvalue weighted by Crippen LogP contribution is 2.33. The van der Waals surface area contributed by atoms with Crippen LogP contribution < -0.4 is 5.32 Å². The van der Waals surface area contributed by atoms with E-state index < -0.39 is 0 Å². The number of imidazole rings is 1. The van der Waals surface area contributed by atoms with Crippen LogP contribution in [0.4, 0.5) is 0 Å². The summed E-state index contributed by atoms with van der Waals surface area (Å²) < 4.78 is 9.03. The number of morpholine rings is 1. The van der Waals surface area contributed by atoms with Gasteiger partial charge in [0.1, 0.15) is 5.65 Å². The average Bonchev–Trinajstić information content (AvgIpc) is 2.93. The largest absolute Gasteiger partial charge is 0.375 e. The molecule has 0 saturated carbocycles. The molecule has 0 spiro atoms. The summed E-state index contributed by atoms with van der Waals surface area (Å²) in [5, 5.41) is 4.09. The second kappa shape index (κ2) is 7.08. The van der Waals surface area contributed by atoms with Crippen molar-refractivity contribution in [3.8, 4) is 11.3 Å². The van der Waals surface area contributed by atoms with E-state index in [2.05, 4.69) is 50.9 Å². The van der Waals surface area contributed by atoms with Gasteiger partial charge < -0.3 is 14.5 Å². The summed E-state index contributed by atoms with van der Waals surface area (Å²) in [6, 6.07) is 10.1. The Hall–Kier alpha value is -1.40. The first-order valence-electron chi connectivity index (χ1n) is 8.37. The van der Waals surface area contributed by atoms with Crippen LogP contribution in [0.25, 0.3) is 16.9 Å².